The largest absolute Gasteiger partial charge is 0.489 e. The molecule has 0 aliphatic carbocycles. The van der Waals surface area contributed by atoms with Gasteiger partial charge in [0.25, 0.3) is 0 Å². The van der Waals surface area contributed by atoms with Crippen molar-refractivity contribution in [3.8, 4) is 5.75 Å². The second-order valence-corrected chi connectivity index (χ2v) is 4.74. The van der Waals surface area contributed by atoms with E-state index in [1.165, 1.54) is 0 Å². The summed E-state index contributed by atoms with van der Waals surface area (Å²) in [6.07, 6.45) is -0.575. The van der Waals surface area contributed by atoms with Gasteiger partial charge in [-0.3, -0.25) is 0 Å². The van der Waals surface area contributed by atoms with Gasteiger partial charge in [-0.25, -0.2) is 0 Å². The third kappa shape index (κ3) is 8.44. The molecule has 0 bridgehead atoms. The van der Waals surface area contributed by atoms with Crippen LogP contribution >= 0.6 is 37.2 Å². The normalized spacial score (nSPS) is 10.9. The highest BCUT2D eigenvalue weighted by molar-refractivity contribution is 5.86. The number of aliphatic hydroxyl groups excluding tert-OH is 1. The Morgan fingerprint density at radius 1 is 1.14 bits per heavy atom. The Morgan fingerprint density at radius 2 is 1.71 bits per heavy atom. The van der Waals surface area contributed by atoms with E-state index >= 15 is 0 Å². The minimum Gasteiger partial charge on any atom is -0.489 e. The molecule has 0 fully saturated rings. The number of benzene rings is 1. The molecule has 0 amide bonds. The van der Waals surface area contributed by atoms with Gasteiger partial charge < -0.3 is 26.6 Å². The first-order chi connectivity index (χ1) is 8.41. The van der Waals surface area contributed by atoms with E-state index in [4.69, 9.17) is 16.2 Å². The second-order valence-electron chi connectivity index (χ2n) is 4.74. The predicted molar refractivity (Wildman–Crippen MR) is 96.4 cm³/mol. The van der Waals surface area contributed by atoms with Crippen molar-refractivity contribution in [3.63, 3.8) is 0 Å². The fourth-order valence-electron chi connectivity index (χ4n) is 1.47. The van der Waals surface area contributed by atoms with Crippen molar-refractivity contribution in [1.29, 1.82) is 0 Å². The van der Waals surface area contributed by atoms with Gasteiger partial charge in [0.1, 0.15) is 18.5 Å². The summed E-state index contributed by atoms with van der Waals surface area (Å²) in [5, 5.41) is 12.8. The van der Waals surface area contributed by atoms with E-state index in [1.807, 2.05) is 26.8 Å². The summed E-state index contributed by atoms with van der Waals surface area (Å²) in [4.78, 5) is 0. The van der Waals surface area contributed by atoms with Crippen LogP contribution in [0.3, 0.4) is 0 Å². The fraction of sp³-hybridized carbons (Fsp3) is 0.538. The molecule has 1 unspecified atom stereocenters. The smallest absolute Gasteiger partial charge is 0.144 e. The van der Waals surface area contributed by atoms with E-state index in [0.717, 1.165) is 5.56 Å². The van der Waals surface area contributed by atoms with E-state index in [2.05, 4.69) is 5.32 Å². The first-order valence-electron chi connectivity index (χ1n) is 6.10. The number of rotatable bonds is 6. The average molecular weight is 363 g/mol. The van der Waals surface area contributed by atoms with Crippen LogP contribution < -0.4 is 21.5 Å². The summed E-state index contributed by atoms with van der Waals surface area (Å²) in [5.41, 5.74) is 13.5. The number of aryl methyl sites for hydroxylation is 1. The van der Waals surface area contributed by atoms with Gasteiger partial charge in [-0.2, -0.15) is 0 Å². The van der Waals surface area contributed by atoms with Crippen LogP contribution in [0.4, 0.5) is 11.4 Å². The van der Waals surface area contributed by atoms with Crippen LogP contribution in [0, 0.1) is 6.92 Å². The van der Waals surface area contributed by atoms with Gasteiger partial charge in [-0.15, -0.1) is 37.2 Å². The average Bonchev–Trinajstić information content (AvgIpc) is 2.32. The molecule has 0 aliphatic rings. The first-order valence-corrected chi connectivity index (χ1v) is 6.10. The molecule has 0 saturated carbocycles. The summed E-state index contributed by atoms with van der Waals surface area (Å²) in [7, 11) is 0. The predicted octanol–water partition coefficient (Wildman–Crippen LogP) is 2.16. The van der Waals surface area contributed by atoms with E-state index < -0.39 is 6.10 Å². The van der Waals surface area contributed by atoms with Crippen molar-refractivity contribution in [2.45, 2.75) is 32.9 Å². The Bertz CT molecular complexity index is 406. The number of halogens is 3. The Kier molecular flexibility index (Phi) is 14.5. The lowest BCUT2D eigenvalue weighted by atomic mass is 10.1. The van der Waals surface area contributed by atoms with Gasteiger partial charge in [0, 0.05) is 12.6 Å². The Hall–Kier alpha value is -0.590. The summed E-state index contributed by atoms with van der Waals surface area (Å²) in [6, 6.07) is 3.95. The summed E-state index contributed by atoms with van der Waals surface area (Å²) >= 11 is 0. The van der Waals surface area contributed by atoms with Crippen molar-refractivity contribution >= 4 is 48.6 Å². The van der Waals surface area contributed by atoms with Crippen LogP contribution in [-0.2, 0) is 0 Å². The number of nitrogens with one attached hydrogen (secondary N) is 1. The van der Waals surface area contributed by atoms with Gasteiger partial charge in [0.05, 0.1) is 11.4 Å². The zero-order valence-corrected chi connectivity index (χ0v) is 14.9. The van der Waals surface area contributed by atoms with Gasteiger partial charge in [0.15, 0.2) is 0 Å². The van der Waals surface area contributed by atoms with Crippen LogP contribution in [-0.4, -0.2) is 30.4 Å². The standard InChI is InChI=1S/C13H23N3O2.3ClH/c1-8(2)16-6-10(17)7-18-11-5-4-9(3)12(14)13(11)15;;;/h4-5,8,10,16-17H,6-7,14-15H2,1-3H3;3*1H. The molecular weight excluding hydrogens is 337 g/mol. The van der Waals surface area contributed by atoms with Crippen LogP contribution in [0.1, 0.15) is 19.4 Å². The first kappa shape index (κ1) is 25.4. The molecule has 5 nitrogen and oxygen atoms in total. The molecule has 8 heteroatoms. The molecule has 6 N–H and O–H groups in total. The maximum absolute atomic E-state index is 9.71. The van der Waals surface area contributed by atoms with Crippen molar-refractivity contribution in [2.75, 3.05) is 24.6 Å². The highest BCUT2D eigenvalue weighted by Crippen LogP contribution is 2.30. The molecular formula is C13H26Cl3N3O2. The third-order valence-electron chi connectivity index (χ3n) is 2.66. The summed E-state index contributed by atoms with van der Waals surface area (Å²) in [5.74, 6) is 0.515. The molecule has 0 aliphatic heterocycles. The number of nitrogens with two attached hydrogens (primary N) is 2. The quantitative estimate of drug-likeness (QED) is 0.582. The maximum Gasteiger partial charge on any atom is 0.144 e. The molecule has 0 spiro atoms. The SMILES string of the molecule is Cc1ccc(OCC(O)CNC(C)C)c(N)c1N.Cl.Cl.Cl. The van der Waals surface area contributed by atoms with Gasteiger partial charge >= 0.3 is 0 Å². The minimum absolute atomic E-state index is 0. The zero-order chi connectivity index (χ0) is 13.7. The lowest BCUT2D eigenvalue weighted by Gasteiger charge is -2.16. The molecule has 126 valence electrons. The zero-order valence-electron chi connectivity index (χ0n) is 12.5. The second kappa shape index (κ2) is 12.0. The third-order valence-corrected chi connectivity index (χ3v) is 2.66. The fourth-order valence-corrected chi connectivity index (χ4v) is 1.47. The Balaban J connectivity index is -0.00000108. The number of anilines is 2. The van der Waals surface area contributed by atoms with E-state index in [1.54, 1.807) is 6.07 Å². The summed E-state index contributed by atoms with van der Waals surface area (Å²) in [6.45, 7) is 6.60. The van der Waals surface area contributed by atoms with Crippen molar-refractivity contribution in [1.82, 2.24) is 5.32 Å². The molecule has 1 atom stereocenters. The van der Waals surface area contributed by atoms with E-state index in [9.17, 15) is 5.11 Å². The van der Waals surface area contributed by atoms with Crippen molar-refractivity contribution in [2.24, 2.45) is 0 Å². The lowest BCUT2D eigenvalue weighted by Crippen LogP contribution is -2.35. The lowest BCUT2D eigenvalue weighted by molar-refractivity contribution is 0.105. The monoisotopic (exact) mass is 361 g/mol. The topological polar surface area (TPSA) is 93.5 Å². The molecule has 1 rings (SSSR count). The van der Waals surface area contributed by atoms with Crippen molar-refractivity contribution < 1.29 is 9.84 Å². The molecule has 21 heavy (non-hydrogen) atoms. The Labute approximate surface area is 145 Å². The highest BCUT2D eigenvalue weighted by Gasteiger charge is 2.10. The molecule has 0 radical (unpaired) electrons. The highest BCUT2D eigenvalue weighted by atomic mass is 35.5. The number of hydrogen-bond donors (Lipinski definition) is 4. The summed E-state index contributed by atoms with van der Waals surface area (Å²) < 4.78 is 5.47. The molecule has 0 heterocycles. The maximum atomic E-state index is 9.71. The molecule has 0 aromatic heterocycles. The molecule has 0 saturated heterocycles. The van der Waals surface area contributed by atoms with Crippen LogP contribution in [0.15, 0.2) is 12.1 Å². The van der Waals surface area contributed by atoms with Gasteiger partial charge in [-0.1, -0.05) is 19.9 Å². The van der Waals surface area contributed by atoms with Gasteiger partial charge in [0.2, 0.25) is 0 Å². The molecule has 1 aromatic carbocycles. The van der Waals surface area contributed by atoms with E-state index in [-0.39, 0.29) is 43.8 Å². The number of aliphatic hydroxyl groups is 1. The molecule has 1 aromatic rings. The Morgan fingerprint density at radius 3 is 2.24 bits per heavy atom. The minimum atomic E-state index is -0.575. The van der Waals surface area contributed by atoms with Crippen molar-refractivity contribution in [3.05, 3.63) is 17.7 Å². The number of nitrogen functional groups attached to an aromatic ring is 2. The number of hydrogen-bond acceptors (Lipinski definition) is 5. The van der Waals surface area contributed by atoms with E-state index in [0.29, 0.717) is 29.7 Å². The van der Waals surface area contributed by atoms with Crippen LogP contribution in [0.25, 0.3) is 0 Å². The van der Waals surface area contributed by atoms with Crippen LogP contribution in [0.2, 0.25) is 0 Å². The van der Waals surface area contributed by atoms with Crippen LogP contribution in [0.5, 0.6) is 5.75 Å². The van der Waals surface area contributed by atoms with Gasteiger partial charge in [-0.05, 0) is 18.6 Å². The number of ether oxygens (including phenoxy) is 1.